The second kappa shape index (κ2) is 8.82. The van der Waals surface area contributed by atoms with Crippen LogP contribution < -0.4 is 19.9 Å². The molecule has 0 amide bonds. The fourth-order valence-electron chi connectivity index (χ4n) is 3.41. The molecule has 1 aliphatic rings. The lowest BCUT2D eigenvalue weighted by atomic mass is 10.2. The van der Waals surface area contributed by atoms with Crippen molar-refractivity contribution in [2.45, 2.75) is 20.0 Å². The first kappa shape index (κ1) is 19.1. The van der Waals surface area contributed by atoms with Gasteiger partial charge in [-0.15, -0.1) is 0 Å². The number of benzene rings is 2. The molecule has 6 heteroatoms. The SMILES string of the molecule is CC(C)Oc1ccc(Nc2ccnc(N3CCN(c4ccccc4)CC3)n2)cc1. The van der Waals surface area contributed by atoms with Gasteiger partial charge in [-0.2, -0.15) is 4.98 Å². The third kappa shape index (κ3) is 4.96. The minimum Gasteiger partial charge on any atom is -0.491 e. The molecule has 4 rings (SSSR count). The summed E-state index contributed by atoms with van der Waals surface area (Å²) in [7, 11) is 0. The van der Waals surface area contributed by atoms with E-state index in [1.165, 1.54) is 5.69 Å². The molecular weight excluding hydrogens is 362 g/mol. The number of hydrogen-bond donors (Lipinski definition) is 1. The molecular formula is C23H27N5O. The Bertz CT molecular complexity index is 906. The van der Waals surface area contributed by atoms with Gasteiger partial charge in [0.05, 0.1) is 6.10 Å². The van der Waals surface area contributed by atoms with Gasteiger partial charge in [-0.25, -0.2) is 4.98 Å². The first-order valence-corrected chi connectivity index (χ1v) is 10.1. The Hall–Kier alpha value is -3.28. The van der Waals surface area contributed by atoms with E-state index in [1.807, 2.05) is 50.4 Å². The maximum atomic E-state index is 5.69. The fraction of sp³-hybridized carbons (Fsp3) is 0.304. The molecule has 3 aromatic rings. The average Bonchev–Trinajstić information content (AvgIpc) is 2.76. The van der Waals surface area contributed by atoms with E-state index >= 15 is 0 Å². The summed E-state index contributed by atoms with van der Waals surface area (Å²) < 4.78 is 5.69. The van der Waals surface area contributed by atoms with Gasteiger partial charge < -0.3 is 19.9 Å². The van der Waals surface area contributed by atoms with Crippen LogP contribution in [-0.4, -0.2) is 42.3 Å². The first-order chi connectivity index (χ1) is 14.2. The summed E-state index contributed by atoms with van der Waals surface area (Å²) in [4.78, 5) is 13.8. The number of anilines is 4. The maximum absolute atomic E-state index is 5.69. The molecule has 1 N–H and O–H groups in total. The van der Waals surface area contributed by atoms with Gasteiger partial charge in [-0.3, -0.25) is 0 Å². The molecule has 1 aromatic heterocycles. The molecule has 1 saturated heterocycles. The molecule has 150 valence electrons. The quantitative estimate of drug-likeness (QED) is 0.677. The third-order valence-electron chi connectivity index (χ3n) is 4.83. The van der Waals surface area contributed by atoms with Crippen molar-refractivity contribution in [2.75, 3.05) is 41.3 Å². The lowest BCUT2D eigenvalue weighted by Gasteiger charge is -2.36. The van der Waals surface area contributed by atoms with E-state index in [4.69, 9.17) is 9.72 Å². The Labute approximate surface area is 172 Å². The third-order valence-corrected chi connectivity index (χ3v) is 4.83. The number of rotatable bonds is 6. The zero-order chi connectivity index (χ0) is 20.1. The lowest BCUT2D eigenvalue weighted by Crippen LogP contribution is -2.47. The Morgan fingerprint density at radius 3 is 2.24 bits per heavy atom. The molecule has 0 atom stereocenters. The lowest BCUT2D eigenvalue weighted by molar-refractivity contribution is 0.242. The van der Waals surface area contributed by atoms with Crippen LogP contribution in [0.3, 0.4) is 0 Å². The van der Waals surface area contributed by atoms with Crippen molar-refractivity contribution in [2.24, 2.45) is 0 Å². The number of nitrogens with one attached hydrogen (secondary N) is 1. The Balaban J connectivity index is 1.38. The molecule has 0 saturated carbocycles. The van der Waals surface area contributed by atoms with Crippen LogP contribution in [0.25, 0.3) is 0 Å². The number of piperazine rings is 1. The van der Waals surface area contributed by atoms with Crippen LogP contribution in [0.2, 0.25) is 0 Å². The van der Waals surface area contributed by atoms with Gasteiger partial charge in [-0.05, 0) is 56.3 Å². The highest BCUT2D eigenvalue weighted by atomic mass is 16.5. The highest BCUT2D eigenvalue weighted by molar-refractivity contribution is 5.58. The maximum Gasteiger partial charge on any atom is 0.227 e. The molecule has 0 aliphatic carbocycles. The fourth-order valence-corrected chi connectivity index (χ4v) is 3.41. The molecule has 2 heterocycles. The van der Waals surface area contributed by atoms with Gasteiger partial charge in [0.25, 0.3) is 0 Å². The van der Waals surface area contributed by atoms with E-state index in [2.05, 4.69) is 50.4 Å². The Morgan fingerprint density at radius 1 is 0.862 bits per heavy atom. The van der Waals surface area contributed by atoms with Gasteiger partial charge in [0.15, 0.2) is 0 Å². The topological polar surface area (TPSA) is 53.5 Å². The normalized spacial score (nSPS) is 14.2. The predicted molar refractivity (Wildman–Crippen MR) is 118 cm³/mol. The number of nitrogens with zero attached hydrogens (tertiary/aromatic N) is 4. The average molecular weight is 390 g/mol. The monoisotopic (exact) mass is 389 g/mol. The van der Waals surface area contributed by atoms with Crippen molar-refractivity contribution in [3.05, 3.63) is 66.9 Å². The van der Waals surface area contributed by atoms with Crippen molar-refractivity contribution in [1.82, 2.24) is 9.97 Å². The molecule has 1 fully saturated rings. The molecule has 2 aromatic carbocycles. The van der Waals surface area contributed by atoms with Crippen molar-refractivity contribution < 1.29 is 4.74 Å². The molecule has 0 radical (unpaired) electrons. The summed E-state index contributed by atoms with van der Waals surface area (Å²) in [5.41, 5.74) is 2.24. The van der Waals surface area contributed by atoms with Crippen molar-refractivity contribution in [1.29, 1.82) is 0 Å². The van der Waals surface area contributed by atoms with E-state index in [0.29, 0.717) is 0 Å². The molecule has 1 aliphatic heterocycles. The van der Waals surface area contributed by atoms with Crippen LogP contribution in [0.1, 0.15) is 13.8 Å². The van der Waals surface area contributed by atoms with Gasteiger partial charge in [0, 0.05) is 43.8 Å². The number of ether oxygens (including phenoxy) is 1. The number of hydrogen-bond acceptors (Lipinski definition) is 6. The van der Waals surface area contributed by atoms with E-state index in [0.717, 1.165) is 49.4 Å². The Kier molecular flexibility index (Phi) is 5.79. The highest BCUT2D eigenvalue weighted by Crippen LogP contribution is 2.22. The van der Waals surface area contributed by atoms with Gasteiger partial charge in [-0.1, -0.05) is 18.2 Å². The second-order valence-electron chi connectivity index (χ2n) is 7.37. The van der Waals surface area contributed by atoms with Gasteiger partial charge >= 0.3 is 0 Å². The summed E-state index contributed by atoms with van der Waals surface area (Å²) in [6.07, 6.45) is 1.98. The smallest absolute Gasteiger partial charge is 0.227 e. The van der Waals surface area contributed by atoms with E-state index in [9.17, 15) is 0 Å². The van der Waals surface area contributed by atoms with Crippen LogP contribution in [0.15, 0.2) is 66.9 Å². The van der Waals surface area contributed by atoms with E-state index in [-0.39, 0.29) is 6.10 Å². The molecule has 0 spiro atoms. The second-order valence-corrected chi connectivity index (χ2v) is 7.37. The summed E-state index contributed by atoms with van der Waals surface area (Å²) in [5.74, 6) is 2.42. The van der Waals surface area contributed by atoms with Crippen LogP contribution in [0, 0.1) is 0 Å². The summed E-state index contributed by atoms with van der Waals surface area (Å²) in [6.45, 7) is 7.77. The predicted octanol–water partition coefficient (Wildman–Crippen LogP) is 4.33. The molecule has 0 bridgehead atoms. The van der Waals surface area contributed by atoms with Gasteiger partial charge in [0.1, 0.15) is 11.6 Å². The molecule has 0 unspecified atom stereocenters. The standard InChI is InChI=1S/C23H27N5O/c1-18(2)29-21-10-8-19(9-11-21)25-22-12-13-24-23(26-22)28-16-14-27(15-17-28)20-6-4-3-5-7-20/h3-13,18H,14-17H2,1-2H3,(H,24,25,26). The minimum atomic E-state index is 0.167. The van der Waals surface area contributed by atoms with Crippen LogP contribution >= 0.6 is 0 Å². The largest absolute Gasteiger partial charge is 0.491 e. The zero-order valence-electron chi connectivity index (χ0n) is 17.0. The van der Waals surface area contributed by atoms with Crippen molar-refractivity contribution in [3.8, 4) is 5.75 Å². The van der Waals surface area contributed by atoms with Crippen LogP contribution in [-0.2, 0) is 0 Å². The van der Waals surface area contributed by atoms with Crippen molar-refractivity contribution >= 4 is 23.1 Å². The van der Waals surface area contributed by atoms with E-state index in [1.54, 1.807) is 0 Å². The summed E-state index contributed by atoms with van der Waals surface area (Å²) >= 11 is 0. The van der Waals surface area contributed by atoms with E-state index < -0.39 is 0 Å². The Morgan fingerprint density at radius 2 is 1.55 bits per heavy atom. The summed E-state index contributed by atoms with van der Waals surface area (Å²) in [6, 6.07) is 20.4. The zero-order valence-corrected chi connectivity index (χ0v) is 17.0. The first-order valence-electron chi connectivity index (χ1n) is 10.1. The van der Waals surface area contributed by atoms with Crippen LogP contribution in [0.5, 0.6) is 5.75 Å². The highest BCUT2D eigenvalue weighted by Gasteiger charge is 2.19. The molecule has 29 heavy (non-hydrogen) atoms. The van der Waals surface area contributed by atoms with Crippen molar-refractivity contribution in [3.63, 3.8) is 0 Å². The number of aromatic nitrogens is 2. The minimum absolute atomic E-state index is 0.167. The summed E-state index contributed by atoms with van der Waals surface area (Å²) in [5, 5.41) is 3.35. The van der Waals surface area contributed by atoms with Crippen LogP contribution in [0.4, 0.5) is 23.1 Å². The van der Waals surface area contributed by atoms with Gasteiger partial charge in [0.2, 0.25) is 5.95 Å². The molecule has 6 nitrogen and oxygen atoms in total. The number of para-hydroxylation sites is 1.